The summed E-state index contributed by atoms with van der Waals surface area (Å²) >= 11 is 0. The van der Waals surface area contributed by atoms with Gasteiger partial charge < -0.3 is 5.73 Å². The minimum Gasteiger partial charge on any atom is -0.318 e. The molecule has 0 aliphatic heterocycles. The molecule has 1 atom stereocenters. The predicted molar refractivity (Wildman–Crippen MR) is 27.1 cm³/mol. The van der Waals surface area contributed by atoms with Crippen LogP contribution in [0.4, 0.5) is 0 Å². The second-order valence-electron chi connectivity index (χ2n) is 1.18. The quantitative estimate of drug-likeness (QED) is 0.420. The molecule has 1 nitrogen and oxygen atoms in total. The molecule has 0 amide bonds. The minimum absolute atomic E-state index is 0.0370. The van der Waals surface area contributed by atoms with Gasteiger partial charge in [-0.2, -0.15) is 0 Å². The van der Waals surface area contributed by atoms with E-state index in [9.17, 15) is 0 Å². The standard InChI is InChI=1S/C5H9N/c1-3-4-5(2)6/h5H,6H2,1-2H3/t5-/m0/s1. The number of nitrogens with two attached hydrogens (primary N) is 1. The summed E-state index contributed by atoms with van der Waals surface area (Å²) in [6, 6.07) is 0.0370. The van der Waals surface area contributed by atoms with Crippen LogP contribution in [0.2, 0.25) is 0 Å². The summed E-state index contributed by atoms with van der Waals surface area (Å²) in [4.78, 5) is 0. The van der Waals surface area contributed by atoms with Gasteiger partial charge in [0.1, 0.15) is 0 Å². The second kappa shape index (κ2) is 2.74. The van der Waals surface area contributed by atoms with Crippen molar-refractivity contribution in [2.75, 3.05) is 0 Å². The fourth-order valence-corrected chi connectivity index (χ4v) is 0.228. The lowest BCUT2D eigenvalue weighted by atomic mass is 10.4. The molecular weight excluding hydrogens is 74.1 g/mol. The maximum absolute atomic E-state index is 5.23. The first-order chi connectivity index (χ1) is 2.77. The fourth-order valence-electron chi connectivity index (χ4n) is 0.228. The van der Waals surface area contributed by atoms with Gasteiger partial charge in [0.25, 0.3) is 0 Å². The van der Waals surface area contributed by atoms with Gasteiger partial charge in [-0.05, 0) is 13.8 Å². The van der Waals surface area contributed by atoms with Gasteiger partial charge in [-0.15, -0.1) is 5.92 Å². The van der Waals surface area contributed by atoms with Crippen LogP contribution in [0.1, 0.15) is 13.8 Å². The van der Waals surface area contributed by atoms with Gasteiger partial charge in [-0.25, -0.2) is 0 Å². The molecule has 34 valence electrons. The Morgan fingerprint density at radius 1 is 1.67 bits per heavy atom. The Balaban J connectivity index is 3.20. The van der Waals surface area contributed by atoms with E-state index in [1.165, 1.54) is 0 Å². The molecule has 0 unspecified atom stereocenters. The normalized spacial score (nSPS) is 11.8. The molecule has 2 N–H and O–H groups in total. The molecule has 0 rings (SSSR count). The Bertz CT molecular complexity index is 73.7. The van der Waals surface area contributed by atoms with Crippen molar-refractivity contribution < 1.29 is 0 Å². The van der Waals surface area contributed by atoms with Crippen LogP contribution in [-0.2, 0) is 0 Å². The smallest absolute Gasteiger partial charge is 0.0635 e. The maximum Gasteiger partial charge on any atom is 0.0635 e. The van der Waals surface area contributed by atoms with Crippen molar-refractivity contribution in [1.29, 1.82) is 0 Å². The van der Waals surface area contributed by atoms with Gasteiger partial charge in [-0.3, -0.25) is 0 Å². The first-order valence-corrected chi connectivity index (χ1v) is 1.95. The lowest BCUT2D eigenvalue weighted by Gasteiger charge is -1.83. The van der Waals surface area contributed by atoms with Crippen LogP contribution in [-0.4, -0.2) is 6.04 Å². The van der Waals surface area contributed by atoms with Gasteiger partial charge in [-0.1, -0.05) is 5.92 Å². The molecule has 0 aromatic rings. The lowest BCUT2D eigenvalue weighted by Crippen LogP contribution is -2.10. The molecule has 0 aliphatic carbocycles. The minimum atomic E-state index is 0.0370. The van der Waals surface area contributed by atoms with Crippen LogP contribution >= 0.6 is 0 Å². The average Bonchev–Trinajstić information content (AvgIpc) is 1.35. The highest BCUT2D eigenvalue weighted by Crippen LogP contribution is 1.63. The molecule has 0 saturated heterocycles. The maximum atomic E-state index is 5.23. The summed E-state index contributed by atoms with van der Waals surface area (Å²) in [5.41, 5.74) is 5.23. The van der Waals surface area contributed by atoms with Crippen molar-refractivity contribution >= 4 is 0 Å². The molecule has 0 spiro atoms. The Hall–Kier alpha value is -0.480. The zero-order valence-corrected chi connectivity index (χ0v) is 4.15. The molecule has 0 aliphatic rings. The van der Waals surface area contributed by atoms with Gasteiger partial charge in [0.15, 0.2) is 0 Å². The Labute approximate surface area is 38.5 Å². The molecular formula is C5H9N. The Morgan fingerprint density at radius 3 is 2.17 bits per heavy atom. The summed E-state index contributed by atoms with van der Waals surface area (Å²) in [6.07, 6.45) is 0. The molecule has 0 aromatic carbocycles. The van der Waals surface area contributed by atoms with E-state index in [1.54, 1.807) is 6.92 Å². The summed E-state index contributed by atoms with van der Waals surface area (Å²) in [5.74, 6) is 5.43. The van der Waals surface area contributed by atoms with Gasteiger partial charge in [0.05, 0.1) is 6.04 Å². The average molecular weight is 83.1 g/mol. The van der Waals surface area contributed by atoms with Gasteiger partial charge in [0, 0.05) is 0 Å². The highest BCUT2D eigenvalue weighted by atomic mass is 14.6. The molecule has 0 fully saturated rings. The summed E-state index contributed by atoms with van der Waals surface area (Å²) in [6.45, 7) is 3.64. The molecule has 0 saturated carbocycles. The number of hydrogen-bond acceptors (Lipinski definition) is 1. The van der Waals surface area contributed by atoms with E-state index in [1.807, 2.05) is 6.92 Å². The molecule has 1 heteroatoms. The van der Waals surface area contributed by atoms with Crippen molar-refractivity contribution in [1.82, 2.24) is 0 Å². The zero-order valence-electron chi connectivity index (χ0n) is 4.15. The van der Waals surface area contributed by atoms with Crippen LogP contribution in [0.5, 0.6) is 0 Å². The third kappa shape index (κ3) is 3.52. The van der Waals surface area contributed by atoms with Gasteiger partial charge >= 0.3 is 0 Å². The van der Waals surface area contributed by atoms with Crippen LogP contribution < -0.4 is 5.73 Å². The van der Waals surface area contributed by atoms with Crippen molar-refractivity contribution in [2.24, 2.45) is 5.73 Å². The molecule has 0 radical (unpaired) electrons. The van der Waals surface area contributed by atoms with E-state index in [2.05, 4.69) is 11.8 Å². The third-order valence-electron chi connectivity index (χ3n) is 0.372. The van der Waals surface area contributed by atoms with E-state index in [0.29, 0.717) is 0 Å². The van der Waals surface area contributed by atoms with E-state index in [0.717, 1.165) is 0 Å². The topological polar surface area (TPSA) is 26.0 Å². The van der Waals surface area contributed by atoms with E-state index in [4.69, 9.17) is 5.73 Å². The predicted octanol–water partition coefficient (Wildman–Crippen LogP) is 0.357. The molecule has 6 heavy (non-hydrogen) atoms. The van der Waals surface area contributed by atoms with E-state index < -0.39 is 0 Å². The van der Waals surface area contributed by atoms with Crippen molar-refractivity contribution in [2.45, 2.75) is 19.9 Å². The number of hydrogen-bond donors (Lipinski definition) is 1. The molecule has 0 heterocycles. The van der Waals surface area contributed by atoms with Crippen LogP contribution in [0.15, 0.2) is 0 Å². The Morgan fingerprint density at radius 2 is 2.17 bits per heavy atom. The number of rotatable bonds is 0. The highest BCUT2D eigenvalue weighted by Gasteiger charge is 1.75. The fraction of sp³-hybridized carbons (Fsp3) is 0.600. The summed E-state index contributed by atoms with van der Waals surface area (Å²) in [7, 11) is 0. The van der Waals surface area contributed by atoms with E-state index >= 15 is 0 Å². The lowest BCUT2D eigenvalue weighted by molar-refractivity contribution is 0.959. The zero-order chi connectivity index (χ0) is 4.99. The summed E-state index contributed by atoms with van der Waals surface area (Å²) < 4.78 is 0. The second-order valence-corrected chi connectivity index (χ2v) is 1.18. The van der Waals surface area contributed by atoms with Crippen LogP contribution in [0.3, 0.4) is 0 Å². The summed E-state index contributed by atoms with van der Waals surface area (Å²) in [5, 5.41) is 0. The van der Waals surface area contributed by atoms with Crippen molar-refractivity contribution in [3.05, 3.63) is 0 Å². The SMILES string of the molecule is CC#C[C@H](C)N. The van der Waals surface area contributed by atoms with Gasteiger partial charge in [0.2, 0.25) is 0 Å². The molecule has 0 aromatic heterocycles. The molecule has 0 bridgehead atoms. The third-order valence-corrected chi connectivity index (χ3v) is 0.372. The van der Waals surface area contributed by atoms with Crippen LogP contribution in [0.25, 0.3) is 0 Å². The van der Waals surface area contributed by atoms with Crippen molar-refractivity contribution in [3.63, 3.8) is 0 Å². The van der Waals surface area contributed by atoms with Crippen molar-refractivity contribution in [3.8, 4) is 11.8 Å². The van der Waals surface area contributed by atoms with E-state index in [-0.39, 0.29) is 6.04 Å². The first kappa shape index (κ1) is 5.52. The Kier molecular flexibility index (Phi) is 2.52. The van der Waals surface area contributed by atoms with Crippen LogP contribution in [0, 0.1) is 11.8 Å². The monoisotopic (exact) mass is 83.1 g/mol. The first-order valence-electron chi connectivity index (χ1n) is 1.95. The highest BCUT2D eigenvalue weighted by molar-refractivity contribution is 5.01. The largest absolute Gasteiger partial charge is 0.318 e.